The molecule has 0 bridgehead atoms. The van der Waals surface area contributed by atoms with Crippen molar-refractivity contribution in [3.63, 3.8) is 0 Å². The summed E-state index contributed by atoms with van der Waals surface area (Å²) in [5.41, 5.74) is 5.00. The van der Waals surface area contributed by atoms with E-state index >= 15 is 0 Å². The quantitative estimate of drug-likeness (QED) is 0.640. The van der Waals surface area contributed by atoms with Crippen LogP contribution >= 0.6 is 0 Å². The van der Waals surface area contributed by atoms with E-state index in [1.807, 2.05) is 6.07 Å². The van der Waals surface area contributed by atoms with Crippen molar-refractivity contribution in [3.8, 4) is 0 Å². The van der Waals surface area contributed by atoms with Crippen molar-refractivity contribution in [3.05, 3.63) is 23.8 Å². The maximum Gasteiger partial charge on any atom is 0.337 e. The van der Waals surface area contributed by atoms with Crippen molar-refractivity contribution in [1.82, 2.24) is 0 Å². The molecule has 20 heavy (non-hydrogen) atoms. The zero-order chi connectivity index (χ0) is 14.5. The Labute approximate surface area is 119 Å². The summed E-state index contributed by atoms with van der Waals surface area (Å²) >= 11 is 0. The summed E-state index contributed by atoms with van der Waals surface area (Å²) in [6, 6.07) is 5.85. The van der Waals surface area contributed by atoms with Crippen LogP contribution < -0.4 is 10.8 Å². The molecule has 2 rings (SSSR count). The molecule has 0 radical (unpaired) electrons. The van der Waals surface area contributed by atoms with Gasteiger partial charge in [-0.15, -0.1) is 0 Å². The summed E-state index contributed by atoms with van der Waals surface area (Å²) in [6.07, 6.45) is 3.68. The van der Waals surface area contributed by atoms with Gasteiger partial charge in [-0.25, -0.2) is 4.79 Å². The molecule has 1 aliphatic rings. The number of nitrogens with one attached hydrogen (secondary N) is 2. The third kappa shape index (κ3) is 3.22. The van der Waals surface area contributed by atoms with Crippen molar-refractivity contribution in [2.75, 3.05) is 25.0 Å². The number of hydrogen-bond acceptors (Lipinski definition) is 5. The van der Waals surface area contributed by atoms with Crippen LogP contribution in [0.2, 0.25) is 0 Å². The molecule has 2 unspecified atom stereocenters. The molecule has 0 spiro atoms. The van der Waals surface area contributed by atoms with Crippen LogP contribution in [0.5, 0.6) is 0 Å². The van der Waals surface area contributed by atoms with Crippen molar-refractivity contribution in [1.29, 1.82) is 0 Å². The van der Waals surface area contributed by atoms with E-state index in [0.717, 1.165) is 11.4 Å². The van der Waals surface area contributed by atoms with Crippen molar-refractivity contribution in [2.45, 2.75) is 32.2 Å². The molecular weight excluding hydrogens is 256 g/mol. The van der Waals surface area contributed by atoms with E-state index in [9.17, 15) is 4.79 Å². The number of benzene rings is 1. The third-order valence-corrected chi connectivity index (χ3v) is 3.86. The molecule has 1 aliphatic carbocycles. The van der Waals surface area contributed by atoms with Gasteiger partial charge >= 0.3 is 5.97 Å². The molecule has 2 atom stereocenters. The van der Waals surface area contributed by atoms with Gasteiger partial charge in [-0.3, -0.25) is 10.3 Å². The van der Waals surface area contributed by atoms with Gasteiger partial charge < -0.3 is 10.1 Å². The molecule has 0 amide bonds. The maximum absolute atomic E-state index is 11.6. The highest BCUT2D eigenvalue weighted by atomic mass is 16.6. The van der Waals surface area contributed by atoms with Gasteiger partial charge in [-0.2, -0.15) is 0 Å². The van der Waals surface area contributed by atoms with E-state index in [2.05, 4.69) is 17.7 Å². The molecule has 2 N–H and O–H groups in total. The lowest BCUT2D eigenvalue weighted by Gasteiger charge is -2.21. The number of anilines is 2. The predicted molar refractivity (Wildman–Crippen MR) is 78.8 cm³/mol. The standard InChI is InChI=1S/C15H22N2O3/c1-10-5-4-6-12(10)16-13-8-7-11(15(18)19-2)9-14(13)17-20-3/h7-10,12,16-17H,4-6H2,1-3H3. The van der Waals surface area contributed by atoms with Gasteiger partial charge in [0, 0.05) is 6.04 Å². The van der Waals surface area contributed by atoms with E-state index in [1.54, 1.807) is 19.2 Å². The second-order valence-corrected chi connectivity index (χ2v) is 5.22. The summed E-state index contributed by atoms with van der Waals surface area (Å²) in [7, 11) is 2.92. The number of carbonyl (C=O) groups is 1. The number of ether oxygens (including phenoxy) is 1. The minimum atomic E-state index is -0.357. The van der Waals surface area contributed by atoms with Crippen molar-refractivity contribution < 1.29 is 14.4 Å². The number of carbonyl (C=O) groups excluding carboxylic acids is 1. The van der Waals surface area contributed by atoms with Crippen molar-refractivity contribution in [2.24, 2.45) is 5.92 Å². The summed E-state index contributed by atoms with van der Waals surface area (Å²) in [5.74, 6) is 0.301. The Morgan fingerprint density at radius 1 is 1.25 bits per heavy atom. The monoisotopic (exact) mass is 278 g/mol. The third-order valence-electron chi connectivity index (χ3n) is 3.86. The molecule has 1 saturated carbocycles. The Morgan fingerprint density at radius 3 is 2.65 bits per heavy atom. The van der Waals surface area contributed by atoms with Gasteiger partial charge in [-0.1, -0.05) is 13.3 Å². The first-order chi connectivity index (χ1) is 9.65. The average Bonchev–Trinajstić information content (AvgIpc) is 2.85. The van der Waals surface area contributed by atoms with E-state index in [0.29, 0.717) is 17.5 Å². The lowest BCUT2D eigenvalue weighted by molar-refractivity contribution is 0.0601. The number of esters is 1. The molecule has 0 aromatic heterocycles. The van der Waals surface area contributed by atoms with Gasteiger partial charge in [0.1, 0.15) is 0 Å². The van der Waals surface area contributed by atoms with E-state index in [1.165, 1.54) is 26.4 Å². The minimum Gasteiger partial charge on any atom is -0.465 e. The molecule has 1 aromatic carbocycles. The van der Waals surface area contributed by atoms with Crippen LogP contribution in [0.25, 0.3) is 0 Å². The largest absolute Gasteiger partial charge is 0.465 e. The first-order valence-electron chi connectivity index (χ1n) is 6.93. The fourth-order valence-corrected chi connectivity index (χ4v) is 2.67. The van der Waals surface area contributed by atoms with E-state index < -0.39 is 0 Å². The van der Waals surface area contributed by atoms with Gasteiger partial charge in [0.05, 0.1) is 31.2 Å². The van der Waals surface area contributed by atoms with E-state index in [4.69, 9.17) is 9.57 Å². The molecule has 0 saturated heterocycles. The number of methoxy groups -OCH3 is 1. The fourth-order valence-electron chi connectivity index (χ4n) is 2.67. The molecule has 0 aliphatic heterocycles. The van der Waals surface area contributed by atoms with Crippen molar-refractivity contribution >= 4 is 17.3 Å². The number of hydrogen-bond donors (Lipinski definition) is 2. The smallest absolute Gasteiger partial charge is 0.337 e. The lowest BCUT2D eigenvalue weighted by atomic mass is 10.1. The van der Waals surface area contributed by atoms with Crippen LogP contribution in [0.3, 0.4) is 0 Å². The second kappa shape index (κ2) is 6.61. The topological polar surface area (TPSA) is 59.6 Å². The van der Waals surface area contributed by atoms with Gasteiger partial charge in [0.15, 0.2) is 0 Å². The Bertz CT molecular complexity index is 476. The van der Waals surface area contributed by atoms with Crippen LogP contribution in [0.15, 0.2) is 18.2 Å². The molecule has 1 aromatic rings. The van der Waals surface area contributed by atoms with E-state index in [-0.39, 0.29) is 5.97 Å². The van der Waals surface area contributed by atoms with Gasteiger partial charge in [-0.05, 0) is 37.0 Å². The highest BCUT2D eigenvalue weighted by Gasteiger charge is 2.24. The molecular formula is C15H22N2O3. The van der Waals surface area contributed by atoms with Crippen LogP contribution in [0, 0.1) is 5.92 Å². The highest BCUT2D eigenvalue weighted by Crippen LogP contribution is 2.31. The summed E-state index contributed by atoms with van der Waals surface area (Å²) in [6.45, 7) is 2.26. The first kappa shape index (κ1) is 14.7. The summed E-state index contributed by atoms with van der Waals surface area (Å²) < 4.78 is 4.73. The molecule has 5 heteroatoms. The Morgan fingerprint density at radius 2 is 2.05 bits per heavy atom. The Kier molecular flexibility index (Phi) is 4.84. The Hall–Kier alpha value is -1.75. The van der Waals surface area contributed by atoms with Crippen LogP contribution in [-0.2, 0) is 9.57 Å². The molecule has 5 nitrogen and oxygen atoms in total. The number of rotatable bonds is 5. The maximum atomic E-state index is 11.6. The zero-order valence-corrected chi connectivity index (χ0v) is 12.2. The molecule has 0 heterocycles. The van der Waals surface area contributed by atoms with Gasteiger partial charge in [0.25, 0.3) is 0 Å². The summed E-state index contributed by atoms with van der Waals surface area (Å²) in [4.78, 5) is 16.6. The first-order valence-corrected chi connectivity index (χ1v) is 6.93. The summed E-state index contributed by atoms with van der Waals surface area (Å²) in [5, 5.41) is 3.53. The van der Waals surface area contributed by atoms with Crippen LogP contribution in [0.1, 0.15) is 36.5 Å². The fraction of sp³-hybridized carbons (Fsp3) is 0.533. The van der Waals surface area contributed by atoms with Crippen LogP contribution in [0.4, 0.5) is 11.4 Å². The van der Waals surface area contributed by atoms with Crippen LogP contribution in [-0.4, -0.2) is 26.2 Å². The molecule has 1 fully saturated rings. The second-order valence-electron chi connectivity index (χ2n) is 5.22. The average molecular weight is 278 g/mol. The molecule has 110 valence electrons. The zero-order valence-electron chi connectivity index (χ0n) is 12.2. The normalized spacial score (nSPS) is 21.6. The predicted octanol–water partition coefficient (Wildman–Crippen LogP) is 3.05. The highest BCUT2D eigenvalue weighted by molar-refractivity contribution is 5.92. The lowest BCUT2D eigenvalue weighted by Crippen LogP contribution is -2.22. The Balaban J connectivity index is 2.20. The SMILES string of the molecule is CONc1cc(C(=O)OC)ccc1NC1CCCC1C. The minimum absolute atomic E-state index is 0.357. The van der Waals surface area contributed by atoms with Gasteiger partial charge in [0.2, 0.25) is 0 Å².